The first-order valence-electron chi connectivity index (χ1n) is 7.33. The van der Waals surface area contributed by atoms with Gasteiger partial charge in [0, 0.05) is 23.2 Å². The first-order valence-corrected chi connectivity index (χ1v) is 8.28. The summed E-state index contributed by atoms with van der Waals surface area (Å²) in [6.45, 7) is 1.61. The van der Waals surface area contributed by atoms with Crippen molar-refractivity contribution >= 4 is 17.3 Å². The number of nitrogens with one attached hydrogen (secondary N) is 1. The lowest BCUT2D eigenvalue weighted by Crippen LogP contribution is -2.21. The molecule has 0 saturated carbocycles. The number of aromatic nitrogens is 2. The van der Waals surface area contributed by atoms with E-state index in [9.17, 15) is 13.2 Å². The molecule has 3 aromatic heterocycles. The van der Waals surface area contributed by atoms with Crippen LogP contribution in [0, 0.1) is 0 Å². The molecule has 0 aliphatic heterocycles. The van der Waals surface area contributed by atoms with Crippen molar-refractivity contribution in [1.82, 2.24) is 15.1 Å². The summed E-state index contributed by atoms with van der Waals surface area (Å²) in [7, 11) is 2.06. The van der Waals surface area contributed by atoms with Gasteiger partial charge in [-0.1, -0.05) is 0 Å². The number of alkyl halides is 3. The standard InChI is InChI=1S/C14H15N3OS.C2HF3O2/c1-17(9-13-3-2-5-18-13)8-12-7-14(16-15-12)11-4-6-19-10-11;3-2(4,5)1(6)7/h2-7,10H,8-9H2,1H3,(H,15,16);(H,6,7). The molecule has 0 aromatic carbocycles. The van der Waals surface area contributed by atoms with Crippen molar-refractivity contribution in [2.45, 2.75) is 19.3 Å². The summed E-state index contributed by atoms with van der Waals surface area (Å²) >= 11 is 1.68. The van der Waals surface area contributed by atoms with Gasteiger partial charge in [-0.25, -0.2) is 4.79 Å². The zero-order chi connectivity index (χ0) is 19.2. The van der Waals surface area contributed by atoms with E-state index in [2.05, 4.69) is 45.0 Å². The molecule has 0 unspecified atom stereocenters. The summed E-state index contributed by atoms with van der Waals surface area (Å²) in [5.41, 5.74) is 3.28. The molecule has 3 rings (SSSR count). The molecule has 0 radical (unpaired) electrons. The van der Waals surface area contributed by atoms with Gasteiger partial charge in [-0.2, -0.15) is 29.6 Å². The maximum Gasteiger partial charge on any atom is 0.490 e. The van der Waals surface area contributed by atoms with Crippen LogP contribution in [0.5, 0.6) is 0 Å². The summed E-state index contributed by atoms with van der Waals surface area (Å²) in [4.78, 5) is 11.1. The summed E-state index contributed by atoms with van der Waals surface area (Å²) in [6, 6.07) is 8.08. The Morgan fingerprint density at radius 1 is 1.38 bits per heavy atom. The molecule has 0 atom stereocenters. The number of aromatic amines is 1. The van der Waals surface area contributed by atoms with Crippen LogP contribution in [-0.2, 0) is 17.9 Å². The molecule has 6 nitrogen and oxygen atoms in total. The van der Waals surface area contributed by atoms with Crippen LogP contribution in [-0.4, -0.2) is 39.4 Å². The normalized spacial score (nSPS) is 11.3. The summed E-state index contributed by atoms with van der Waals surface area (Å²) < 4.78 is 37.1. The Bertz CT molecular complexity index is 798. The fourth-order valence-electron chi connectivity index (χ4n) is 2.02. The van der Waals surface area contributed by atoms with Gasteiger partial charge in [0.2, 0.25) is 0 Å². The second kappa shape index (κ2) is 8.68. The predicted molar refractivity (Wildman–Crippen MR) is 89.5 cm³/mol. The van der Waals surface area contributed by atoms with Crippen LogP contribution < -0.4 is 0 Å². The SMILES string of the molecule is CN(Cc1cc(-c2ccsc2)n[nH]1)Cc1ccco1.O=C(O)C(F)(F)F. The molecule has 3 aromatic rings. The number of furan rings is 1. The van der Waals surface area contributed by atoms with Crippen molar-refractivity contribution in [2.24, 2.45) is 0 Å². The number of hydrogen-bond acceptors (Lipinski definition) is 5. The molecule has 26 heavy (non-hydrogen) atoms. The highest BCUT2D eigenvalue weighted by molar-refractivity contribution is 7.08. The van der Waals surface area contributed by atoms with Crippen LogP contribution >= 0.6 is 11.3 Å². The molecule has 0 aliphatic rings. The van der Waals surface area contributed by atoms with Crippen LogP contribution in [0.2, 0.25) is 0 Å². The Morgan fingerprint density at radius 3 is 2.65 bits per heavy atom. The highest BCUT2D eigenvalue weighted by Crippen LogP contribution is 2.21. The molecule has 0 amide bonds. The molecule has 10 heteroatoms. The Morgan fingerprint density at radius 2 is 2.12 bits per heavy atom. The highest BCUT2D eigenvalue weighted by Gasteiger charge is 2.38. The molecule has 2 N–H and O–H groups in total. The van der Waals surface area contributed by atoms with Crippen LogP contribution in [0.4, 0.5) is 13.2 Å². The molecule has 0 saturated heterocycles. The van der Waals surface area contributed by atoms with Crippen molar-refractivity contribution in [1.29, 1.82) is 0 Å². The first-order chi connectivity index (χ1) is 12.3. The van der Waals surface area contributed by atoms with Gasteiger partial charge < -0.3 is 9.52 Å². The lowest BCUT2D eigenvalue weighted by Gasteiger charge is -2.13. The predicted octanol–water partition coefficient (Wildman–Crippen LogP) is 4.00. The maximum atomic E-state index is 10.6. The highest BCUT2D eigenvalue weighted by atomic mass is 32.1. The second-order valence-corrected chi connectivity index (χ2v) is 6.13. The van der Waals surface area contributed by atoms with Gasteiger partial charge in [-0.15, -0.1) is 0 Å². The number of aliphatic carboxylic acids is 1. The van der Waals surface area contributed by atoms with Gasteiger partial charge in [0.25, 0.3) is 0 Å². The first kappa shape index (κ1) is 19.7. The molecule has 140 valence electrons. The van der Waals surface area contributed by atoms with Crippen LogP contribution in [0.15, 0.2) is 45.7 Å². The molecular formula is C16H16F3N3O3S. The Hall–Kier alpha value is -2.59. The number of halogens is 3. The minimum absolute atomic E-state index is 0.791. The largest absolute Gasteiger partial charge is 0.490 e. The molecule has 0 aliphatic carbocycles. The number of carboxylic acids is 1. The van der Waals surface area contributed by atoms with Gasteiger partial charge in [0.1, 0.15) is 5.76 Å². The number of rotatable bonds is 5. The summed E-state index contributed by atoms with van der Waals surface area (Å²) in [6.07, 6.45) is -3.38. The number of carbonyl (C=O) groups is 1. The van der Waals surface area contributed by atoms with Gasteiger partial charge in [-0.3, -0.25) is 10.00 Å². The Kier molecular flexibility index (Phi) is 6.58. The van der Waals surface area contributed by atoms with E-state index in [-0.39, 0.29) is 0 Å². The molecule has 0 fully saturated rings. The fourth-order valence-corrected chi connectivity index (χ4v) is 2.67. The van der Waals surface area contributed by atoms with E-state index in [1.54, 1.807) is 17.6 Å². The second-order valence-electron chi connectivity index (χ2n) is 5.35. The van der Waals surface area contributed by atoms with Gasteiger partial charge in [-0.05, 0) is 36.7 Å². The third-order valence-corrected chi connectivity index (χ3v) is 3.82. The Labute approximate surface area is 150 Å². The molecular weight excluding hydrogens is 371 g/mol. The minimum Gasteiger partial charge on any atom is -0.475 e. The molecule has 0 spiro atoms. The monoisotopic (exact) mass is 387 g/mol. The third kappa shape index (κ3) is 6.05. The lowest BCUT2D eigenvalue weighted by atomic mass is 10.2. The fraction of sp³-hybridized carbons (Fsp3) is 0.250. The maximum absolute atomic E-state index is 10.6. The van der Waals surface area contributed by atoms with Crippen molar-refractivity contribution in [3.05, 3.63) is 52.7 Å². The zero-order valence-corrected chi connectivity index (χ0v) is 14.5. The van der Waals surface area contributed by atoms with Gasteiger partial charge in [0.05, 0.1) is 18.5 Å². The summed E-state index contributed by atoms with van der Waals surface area (Å²) in [5, 5.41) is 18.7. The average Bonchev–Trinajstić information content (AvgIpc) is 3.28. The lowest BCUT2D eigenvalue weighted by molar-refractivity contribution is -0.192. The van der Waals surface area contributed by atoms with Crippen molar-refractivity contribution < 1.29 is 27.5 Å². The zero-order valence-electron chi connectivity index (χ0n) is 13.7. The van der Waals surface area contributed by atoms with E-state index >= 15 is 0 Å². The van der Waals surface area contributed by atoms with Crippen LogP contribution in [0.25, 0.3) is 11.3 Å². The molecule has 3 heterocycles. The van der Waals surface area contributed by atoms with Crippen molar-refractivity contribution in [3.63, 3.8) is 0 Å². The number of H-pyrrole nitrogens is 1. The summed E-state index contributed by atoms with van der Waals surface area (Å²) in [5.74, 6) is -1.78. The van der Waals surface area contributed by atoms with Crippen LogP contribution in [0.1, 0.15) is 11.5 Å². The van der Waals surface area contributed by atoms with Crippen LogP contribution in [0.3, 0.4) is 0 Å². The van der Waals surface area contributed by atoms with Crippen molar-refractivity contribution in [3.8, 4) is 11.3 Å². The molecule has 0 bridgehead atoms. The number of hydrogen-bond donors (Lipinski definition) is 2. The third-order valence-electron chi connectivity index (χ3n) is 3.14. The average molecular weight is 387 g/mol. The van der Waals surface area contributed by atoms with Gasteiger partial charge in [0.15, 0.2) is 0 Å². The van der Waals surface area contributed by atoms with E-state index in [1.165, 1.54) is 5.56 Å². The smallest absolute Gasteiger partial charge is 0.475 e. The number of carboxylic acid groups (broad SMARTS) is 1. The van der Waals surface area contributed by atoms with Gasteiger partial charge >= 0.3 is 12.1 Å². The topological polar surface area (TPSA) is 82.4 Å². The Balaban J connectivity index is 0.000000298. The number of thiophene rings is 1. The van der Waals surface area contributed by atoms with E-state index in [0.29, 0.717) is 0 Å². The van der Waals surface area contributed by atoms with E-state index in [4.69, 9.17) is 14.3 Å². The van der Waals surface area contributed by atoms with E-state index in [1.807, 2.05) is 12.1 Å². The van der Waals surface area contributed by atoms with Crippen molar-refractivity contribution in [2.75, 3.05) is 7.05 Å². The van der Waals surface area contributed by atoms with E-state index < -0.39 is 12.1 Å². The number of nitrogens with zero attached hydrogens (tertiary/aromatic N) is 2. The minimum atomic E-state index is -5.08. The van der Waals surface area contributed by atoms with E-state index in [0.717, 1.165) is 30.2 Å². The quantitative estimate of drug-likeness (QED) is 0.692.